The fourth-order valence-electron chi connectivity index (χ4n) is 2.08. The van der Waals surface area contributed by atoms with Crippen molar-refractivity contribution in [3.05, 3.63) is 65.2 Å². The number of carbonyl (C=O) groups excluding carboxylic acids is 1. The highest BCUT2D eigenvalue weighted by atomic mass is 16.5. The molecule has 0 saturated carbocycles. The van der Waals surface area contributed by atoms with E-state index in [0.717, 1.165) is 28.9 Å². The zero-order valence-corrected chi connectivity index (χ0v) is 12.5. The van der Waals surface area contributed by atoms with Crippen molar-refractivity contribution in [1.29, 1.82) is 0 Å². The number of benzene rings is 2. The van der Waals surface area contributed by atoms with Crippen LogP contribution in [0.25, 0.3) is 0 Å². The van der Waals surface area contributed by atoms with Crippen molar-refractivity contribution in [2.75, 3.05) is 6.61 Å². The van der Waals surface area contributed by atoms with Crippen LogP contribution in [0.15, 0.2) is 48.5 Å². The molecule has 3 nitrogen and oxygen atoms in total. The summed E-state index contributed by atoms with van der Waals surface area (Å²) in [5.74, 6) is 0.643. The number of hydrogen-bond acceptors (Lipinski definition) is 3. The average Bonchev–Trinajstić information content (AvgIpc) is 2.47. The molecule has 0 atom stereocenters. The standard InChI is InChI=1S/C18H20O3/c1-14-12-16(10-11-20-15(2)19)8-9-18(14)21-13-17-6-4-3-5-7-17/h3-9,12H,10-11,13H2,1-2H3. The second kappa shape index (κ2) is 7.48. The topological polar surface area (TPSA) is 35.5 Å². The summed E-state index contributed by atoms with van der Waals surface area (Å²) < 4.78 is 10.8. The van der Waals surface area contributed by atoms with Crippen molar-refractivity contribution in [3.63, 3.8) is 0 Å². The molecule has 0 N–H and O–H groups in total. The van der Waals surface area contributed by atoms with Gasteiger partial charge in [0, 0.05) is 13.3 Å². The lowest BCUT2D eigenvalue weighted by Gasteiger charge is -2.11. The van der Waals surface area contributed by atoms with Gasteiger partial charge in [-0.25, -0.2) is 0 Å². The van der Waals surface area contributed by atoms with Crippen LogP contribution in [0.4, 0.5) is 0 Å². The lowest BCUT2D eigenvalue weighted by Crippen LogP contribution is -2.03. The molecule has 0 spiro atoms. The van der Waals surface area contributed by atoms with Gasteiger partial charge in [-0.3, -0.25) is 4.79 Å². The Morgan fingerprint density at radius 1 is 1.05 bits per heavy atom. The second-order valence-electron chi connectivity index (χ2n) is 4.96. The number of aryl methyl sites for hydroxylation is 1. The maximum Gasteiger partial charge on any atom is 0.302 e. The summed E-state index contributed by atoms with van der Waals surface area (Å²) in [6.07, 6.45) is 0.722. The molecule has 0 aliphatic heterocycles. The van der Waals surface area contributed by atoms with Crippen molar-refractivity contribution in [2.45, 2.75) is 26.9 Å². The Morgan fingerprint density at radius 2 is 1.81 bits per heavy atom. The highest BCUT2D eigenvalue weighted by Crippen LogP contribution is 2.20. The summed E-state index contributed by atoms with van der Waals surface area (Å²) in [5, 5.41) is 0. The van der Waals surface area contributed by atoms with Gasteiger partial charge in [0.15, 0.2) is 0 Å². The number of esters is 1. The van der Waals surface area contributed by atoms with Gasteiger partial charge in [0.2, 0.25) is 0 Å². The normalized spacial score (nSPS) is 10.2. The predicted octanol–water partition coefficient (Wildman–Crippen LogP) is 3.68. The molecule has 2 aromatic carbocycles. The fourth-order valence-corrected chi connectivity index (χ4v) is 2.08. The molecule has 0 aliphatic rings. The molecule has 0 unspecified atom stereocenters. The van der Waals surface area contributed by atoms with E-state index in [-0.39, 0.29) is 5.97 Å². The Morgan fingerprint density at radius 3 is 2.48 bits per heavy atom. The van der Waals surface area contributed by atoms with Gasteiger partial charge in [-0.15, -0.1) is 0 Å². The van der Waals surface area contributed by atoms with E-state index >= 15 is 0 Å². The number of ether oxygens (including phenoxy) is 2. The van der Waals surface area contributed by atoms with Gasteiger partial charge in [-0.1, -0.05) is 42.5 Å². The molecule has 2 rings (SSSR count). The van der Waals surface area contributed by atoms with Crippen molar-refractivity contribution >= 4 is 5.97 Å². The average molecular weight is 284 g/mol. The molecule has 0 aliphatic carbocycles. The molecule has 0 aromatic heterocycles. The van der Waals surface area contributed by atoms with Crippen LogP contribution in [0, 0.1) is 6.92 Å². The molecule has 0 saturated heterocycles. The van der Waals surface area contributed by atoms with Crippen LogP contribution in [0.2, 0.25) is 0 Å². The first-order chi connectivity index (χ1) is 10.1. The highest BCUT2D eigenvalue weighted by Gasteiger charge is 2.03. The summed E-state index contributed by atoms with van der Waals surface area (Å²) in [6.45, 7) is 4.43. The maximum atomic E-state index is 10.7. The predicted molar refractivity (Wildman–Crippen MR) is 82.3 cm³/mol. The van der Waals surface area contributed by atoms with Crippen LogP contribution in [0.1, 0.15) is 23.6 Å². The van der Waals surface area contributed by atoms with Crippen LogP contribution in [0.5, 0.6) is 5.75 Å². The molecule has 0 heterocycles. The number of hydrogen-bond donors (Lipinski definition) is 0. The molecule has 0 fully saturated rings. The van der Waals surface area contributed by atoms with Gasteiger partial charge in [-0.2, -0.15) is 0 Å². The van der Waals surface area contributed by atoms with Crippen molar-refractivity contribution in [1.82, 2.24) is 0 Å². The van der Waals surface area contributed by atoms with Gasteiger partial charge >= 0.3 is 5.97 Å². The van der Waals surface area contributed by atoms with Gasteiger partial charge < -0.3 is 9.47 Å². The van der Waals surface area contributed by atoms with Crippen molar-refractivity contribution in [2.24, 2.45) is 0 Å². The summed E-state index contributed by atoms with van der Waals surface area (Å²) in [4.78, 5) is 10.7. The summed E-state index contributed by atoms with van der Waals surface area (Å²) >= 11 is 0. The van der Waals surface area contributed by atoms with Crippen molar-refractivity contribution in [3.8, 4) is 5.75 Å². The minimum Gasteiger partial charge on any atom is -0.489 e. The Bertz CT molecular complexity index is 591. The first-order valence-corrected chi connectivity index (χ1v) is 7.05. The summed E-state index contributed by atoms with van der Waals surface area (Å²) in [7, 11) is 0. The molecule has 3 heteroatoms. The zero-order chi connectivity index (χ0) is 15.1. The lowest BCUT2D eigenvalue weighted by molar-refractivity contribution is -0.140. The molecule has 21 heavy (non-hydrogen) atoms. The largest absolute Gasteiger partial charge is 0.489 e. The van der Waals surface area contributed by atoms with Gasteiger partial charge in [-0.05, 0) is 29.7 Å². The second-order valence-corrected chi connectivity index (χ2v) is 4.96. The molecule has 0 bridgehead atoms. The Kier molecular flexibility index (Phi) is 5.38. The van der Waals surface area contributed by atoms with Crippen molar-refractivity contribution < 1.29 is 14.3 Å². The smallest absolute Gasteiger partial charge is 0.302 e. The van der Waals surface area contributed by atoms with E-state index in [4.69, 9.17) is 9.47 Å². The third kappa shape index (κ3) is 4.95. The maximum absolute atomic E-state index is 10.7. The van der Waals surface area contributed by atoms with E-state index in [2.05, 4.69) is 6.07 Å². The minimum atomic E-state index is -0.241. The Labute approximate surface area is 125 Å². The van der Waals surface area contributed by atoms with E-state index in [9.17, 15) is 4.79 Å². The SMILES string of the molecule is CC(=O)OCCc1ccc(OCc2ccccc2)c(C)c1. The minimum absolute atomic E-state index is 0.241. The van der Waals surface area contributed by atoms with E-state index in [1.165, 1.54) is 6.92 Å². The Hall–Kier alpha value is -2.29. The number of rotatable bonds is 6. The van der Waals surface area contributed by atoms with Crippen LogP contribution in [-0.4, -0.2) is 12.6 Å². The van der Waals surface area contributed by atoms with Crippen LogP contribution < -0.4 is 4.74 Å². The third-order valence-electron chi connectivity index (χ3n) is 3.17. The van der Waals surface area contributed by atoms with Gasteiger partial charge in [0.25, 0.3) is 0 Å². The summed E-state index contributed by atoms with van der Waals surface area (Å²) in [6, 6.07) is 16.1. The van der Waals surface area contributed by atoms with E-state index in [0.29, 0.717) is 13.2 Å². The molecular weight excluding hydrogens is 264 g/mol. The van der Waals surface area contributed by atoms with E-state index < -0.39 is 0 Å². The third-order valence-corrected chi connectivity index (χ3v) is 3.17. The molecule has 2 aromatic rings. The monoisotopic (exact) mass is 284 g/mol. The summed E-state index contributed by atoms with van der Waals surface area (Å²) in [5.41, 5.74) is 3.38. The molecular formula is C18H20O3. The van der Waals surface area contributed by atoms with Gasteiger partial charge in [0.05, 0.1) is 6.61 Å². The van der Waals surface area contributed by atoms with Gasteiger partial charge in [0.1, 0.15) is 12.4 Å². The molecule has 110 valence electrons. The fraction of sp³-hybridized carbons (Fsp3) is 0.278. The lowest BCUT2D eigenvalue weighted by atomic mass is 10.1. The molecule has 0 amide bonds. The zero-order valence-electron chi connectivity index (χ0n) is 12.5. The Balaban J connectivity index is 1.91. The van der Waals surface area contributed by atoms with Crippen LogP contribution >= 0.6 is 0 Å². The van der Waals surface area contributed by atoms with Crippen LogP contribution in [0.3, 0.4) is 0 Å². The van der Waals surface area contributed by atoms with Crippen LogP contribution in [-0.2, 0) is 22.6 Å². The van der Waals surface area contributed by atoms with E-state index in [1.54, 1.807) is 0 Å². The first-order valence-electron chi connectivity index (χ1n) is 7.05. The molecule has 0 radical (unpaired) electrons. The quantitative estimate of drug-likeness (QED) is 0.759. The number of carbonyl (C=O) groups is 1. The highest BCUT2D eigenvalue weighted by molar-refractivity contribution is 5.65. The van der Waals surface area contributed by atoms with E-state index in [1.807, 2.05) is 49.4 Å². The first kappa shape index (κ1) is 15.1.